The van der Waals surface area contributed by atoms with Gasteiger partial charge in [0.1, 0.15) is 0 Å². The first kappa shape index (κ1) is 19.7. The Labute approximate surface area is 152 Å². The number of aromatic nitrogens is 1. The third-order valence-electron chi connectivity index (χ3n) is 4.65. The molecular weight excluding hydrogens is 314 g/mol. The van der Waals surface area contributed by atoms with Gasteiger partial charge < -0.3 is 20.3 Å². The van der Waals surface area contributed by atoms with Gasteiger partial charge in [0, 0.05) is 64.9 Å². The number of piperidine rings is 1. The summed E-state index contributed by atoms with van der Waals surface area (Å²) in [5, 5.41) is 6.97. The van der Waals surface area contributed by atoms with E-state index in [1.54, 1.807) is 7.11 Å². The average molecular weight is 348 g/mol. The van der Waals surface area contributed by atoms with Crippen molar-refractivity contribution in [3.05, 3.63) is 29.6 Å². The molecule has 1 aliphatic heterocycles. The van der Waals surface area contributed by atoms with Gasteiger partial charge in [-0.25, -0.2) is 0 Å². The standard InChI is InChI=1S/C19H33N5O/c1-16-5-6-17(15-22-16)7-10-21-19(20-2)23-18-8-12-24(13-9-18)11-4-14-25-3/h5-6,15,18H,4,7-14H2,1-3H3,(H2,20,21,23). The van der Waals surface area contributed by atoms with Gasteiger partial charge in [-0.3, -0.25) is 9.98 Å². The quantitative estimate of drug-likeness (QED) is 0.425. The van der Waals surface area contributed by atoms with Gasteiger partial charge in [-0.2, -0.15) is 0 Å². The molecule has 25 heavy (non-hydrogen) atoms. The Morgan fingerprint density at radius 3 is 2.80 bits per heavy atom. The number of rotatable bonds is 8. The molecule has 140 valence electrons. The highest BCUT2D eigenvalue weighted by Crippen LogP contribution is 2.10. The lowest BCUT2D eigenvalue weighted by atomic mass is 10.1. The number of ether oxygens (including phenoxy) is 1. The molecule has 0 spiro atoms. The van der Waals surface area contributed by atoms with Crippen molar-refractivity contribution in [1.29, 1.82) is 0 Å². The van der Waals surface area contributed by atoms with Gasteiger partial charge in [-0.15, -0.1) is 0 Å². The second-order valence-electron chi connectivity index (χ2n) is 6.66. The van der Waals surface area contributed by atoms with Crippen LogP contribution in [0.3, 0.4) is 0 Å². The van der Waals surface area contributed by atoms with Crippen LogP contribution in [0.4, 0.5) is 0 Å². The van der Waals surface area contributed by atoms with E-state index in [4.69, 9.17) is 4.74 Å². The van der Waals surface area contributed by atoms with E-state index in [0.717, 1.165) is 70.1 Å². The fourth-order valence-corrected chi connectivity index (χ4v) is 3.09. The van der Waals surface area contributed by atoms with Crippen LogP contribution in [0.15, 0.2) is 23.3 Å². The Morgan fingerprint density at radius 2 is 2.16 bits per heavy atom. The molecule has 1 fully saturated rings. The molecule has 0 aliphatic carbocycles. The summed E-state index contributed by atoms with van der Waals surface area (Å²) in [7, 11) is 3.60. The van der Waals surface area contributed by atoms with E-state index in [-0.39, 0.29) is 0 Å². The molecular formula is C19H33N5O. The van der Waals surface area contributed by atoms with Crippen molar-refractivity contribution in [2.45, 2.75) is 38.6 Å². The van der Waals surface area contributed by atoms with Crippen LogP contribution in [0.5, 0.6) is 0 Å². The summed E-state index contributed by atoms with van der Waals surface area (Å²) in [4.78, 5) is 11.2. The van der Waals surface area contributed by atoms with Gasteiger partial charge in [0.05, 0.1) is 0 Å². The number of methoxy groups -OCH3 is 1. The van der Waals surface area contributed by atoms with E-state index in [2.05, 4.69) is 37.6 Å². The molecule has 0 radical (unpaired) electrons. The van der Waals surface area contributed by atoms with Gasteiger partial charge in [0.2, 0.25) is 0 Å². The number of hydrogen-bond acceptors (Lipinski definition) is 4. The summed E-state index contributed by atoms with van der Waals surface area (Å²) in [5.74, 6) is 0.901. The van der Waals surface area contributed by atoms with Crippen LogP contribution in [0, 0.1) is 6.92 Å². The van der Waals surface area contributed by atoms with Crippen molar-refractivity contribution in [2.24, 2.45) is 4.99 Å². The maximum Gasteiger partial charge on any atom is 0.191 e. The van der Waals surface area contributed by atoms with Crippen LogP contribution in [0.1, 0.15) is 30.5 Å². The second-order valence-corrected chi connectivity index (χ2v) is 6.66. The summed E-state index contributed by atoms with van der Waals surface area (Å²) in [6.45, 7) is 7.15. The minimum atomic E-state index is 0.505. The second kappa shape index (κ2) is 11.1. The third-order valence-corrected chi connectivity index (χ3v) is 4.65. The first-order valence-corrected chi connectivity index (χ1v) is 9.31. The SMILES string of the molecule is CN=C(NCCc1ccc(C)nc1)NC1CCN(CCCOC)CC1. The van der Waals surface area contributed by atoms with E-state index in [9.17, 15) is 0 Å². The fraction of sp³-hybridized carbons (Fsp3) is 0.684. The summed E-state index contributed by atoms with van der Waals surface area (Å²) >= 11 is 0. The monoisotopic (exact) mass is 347 g/mol. The normalized spacial score (nSPS) is 16.8. The van der Waals surface area contributed by atoms with Crippen LogP contribution in [0.25, 0.3) is 0 Å². The van der Waals surface area contributed by atoms with Gasteiger partial charge >= 0.3 is 0 Å². The summed E-state index contributed by atoms with van der Waals surface area (Å²) in [6.07, 6.45) is 6.34. The third kappa shape index (κ3) is 7.40. The lowest BCUT2D eigenvalue weighted by molar-refractivity contribution is 0.155. The molecule has 6 nitrogen and oxygen atoms in total. The highest BCUT2D eigenvalue weighted by molar-refractivity contribution is 5.79. The number of pyridine rings is 1. The van der Waals surface area contributed by atoms with E-state index >= 15 is 0 Å². The topological polar surface area (TPSA) is 61.8 Å². The molecule has 0 amide bonds. The van der Waals surface area contributed by atoms with E-state index in [1.165, 1.54) is 5.56 Å². The summed E-state index contributed by atoms with van der Waals surface area (Å²) in [5.41, 5.74) is 2.31. The molecule has 0 atom stereocenters. The Morgan fingerprint density at radius 1 is 1.36 bits per heavy atom. The molecule has 0 saturated carbocycles. The van der Waals surface area contributed by atoms with E-state index in [1.807, 2.05) is 20.2 Å². The number of guanidine groups is 1. The summed E-state index contributed by atoms with van der Waals surface area (Å²) < 4.78 is 5.13. The van der Waals surface area contributed by atoms with Crippen LogP contribution in [-0.2, 0) is 11.2 Å². The molecule has 2 rings (SSSR count). The molecule has 2 N–H and O–H groups in total. The van der Waals surface area contributed by atoms with Crippen LogP contribution in [-0.4, -0.2) is 68.8 Å². The molecule has 1 aliphatic rings. The zero-order valence-electron chi connectivity index (χ0n) is 15.9. The van der Waals surface area contributed by atoms with Crippen LogP contribution in [0.2, 0.25) is 0 Å². The fourth-order valence-electron chi connectivity index (χ4n) is 3.09. The van der Waals surface area contributed by atoms with Crippen LogP contribution >= 0.6 is 0 Å². The molecule has 0 bridgehead atoms. The van der Waals surface area contributed by atoms with Crippen molar-refractivity contribution in [3.8, 4) is 0 Å². The molecule has 0 aromatic carbocycles. The zero-order valence-corrected chi connectivity index (χ0v) is 15.9. The predicted molar refractivity (Wildman–Crippen MR) is 103 cm³/mol. The Balaban J connectivity index is 1.64. The number of nitrogens with one attached hydrogen (secondary N) is 2. The molecule has 2 heterocycles. The summed E-state index contributed by atoms with van der Waals surface area (Å²) in [6, 6.07) is 4.70. The largest absolute Gasteiger partial charge is 0.385 e. The van der Waals surface area contributed by atoms with Crippen LogP contribution < -0.4 is 10.6 Å². The van der Waals surface area contributed by atoms with Crippen molar-refractivity contribution in [1.82, 2.24) is 20.5 Å². The minimum absolute atomic E-state index is 0.505. The molecule has 1 aromatic rings. The van der Waals surface area contributed by atoms with Gasteiger partial charge in [-0.1, -0.05) is 6.07 Å². The predicted octanol–water partition coefficient (Wildman–Crippen LogP) is 1.60. The van der Waals surface area contributed by atoms with E-state index in [0.29, 0.717) is 6.04 Å². The number of nitrogens with zero attached hydrogens (tertiary/aromatic N) is 3. The van der Waals surface area contributed by atoms with Crippen molar-refractivity contribution in [3.63, 3.8) is 0 Å². The van der Waals surface area contributed by atoms with Crippen molar-refractivity contribution >= 4 is 5.96 Å². The van der Waals surface area contributed by atoms with Gasteiger partial charge in [-0.05, 0) is 44.2 Å². The van der Waals surface area contributed by atoms with Gasteiger partial charge in [0.15, 0.2) is 5.96 Å². The highest BCUT2D eigenvalue weighted by atomic mass is 16.5. The Bertz CT molecular complexity index is 509. The average Bonchev–Trinajstić information content (AvgIpc) is 2.64. The lowest BCUT2D eigenvalue weighted by Gasteiger charge is -2.33. The molecule has 6 heteroatoms. The van der Waals surface area contributed by atoms with Gasteiger partial charge in [0.25, 0.3) is 0 Å². The number of likely N-dealkylation sites (tertiary alicyclic amines) is 1. The highest BCUT2D eigenvalue weighted by Gasteiger charge is 2.19. The van der Waals surface area contributed by atoms with E-state index < -0.39 is 0 Å². The number of aliphatic imine (C=N–C) groups is 1. The van der Waals surface area contributed by atoms with Crippen molar-refractivity contribution < 1.29 is 4.74 Å². The Hall–Kier alpha value is -1.66. The van der Waals surface area contributed by atoms with Crippen molar-refractivity contribution in [2.75, 3.05) is 46.9 Å². The molecule has 0 unspecified atom stereocenters. The Kier molecular flexibility index (Phi) is 8.69. The zero-order chi connectivity index (χ0) is 17.9. The number of hydrogen-bond donors (Lipinski definition) is 2. The minimum Gasteiger partial charge on any atom is -0.385 e. The smallest absolute Gasteiger partial charge is 0.191 e. The molecule has 1 aromatic heterocycles. The first-order valence-electron chi connectivity index (χ1n) is 9.31. The maximum atomic E-state index is 5.13. The lowest BCUT2D eigenvalue weighted by Crippen LogP contribution is -2.49. The number of aryl methyl sites for hydroxylation is 1. The first-order chi connectivity index (χ1) is 12.2. The molecule has 1 saturated heterocycles. The maximum absolute atomic E-state index is 5.13.